The zero-order valence-corrected chi connectivity index (χ0v) is 17.3. The van der Waals surface area contributed by atoms with Gasteiger partial charge in [-0.1, -0.05) is 23.2 Å². The van der Waals surface area contributed by atoms with E-state index in [1.807, 2.05) is 0 Å². The average molecular weight is 454 g/mol. The molecular weight excluding hydrogens is 440 g/mol. The van der Waals surface area contributed by atoms with Crippen LogP contribution in [0, 0.1) is 5.82 Å². The SMILES string of the molecule is CS(=O)(=O)N(c1ccc(Cl)cc1)c1cc(C(=O)Nc2ccc(F)c(Cl)c2)ccn1. The van der Waals surface area contributed by atoms with Gasteiger partial charge in [0.2, 0.25) is 10.0 Å². The Kier molecular flexibility index (Phi) is 6.07. The molecule has 3 aromatic rings. The number of pyridine rings is 1. The normalized spacial score (nSPS) is 11.2. The number of benzene rings is 2. The van der Waals surface area contributed by atoms with Gasteiger partial charge in [0.25, 0.3) is 5.91 Å². The zero-order valence-electron chi connectivity index (χ0n) is 14.9. The minimum atomic E-state index is -3.76. The third-order valence-electron chi connectivity index (χ3n) is 3.79. The molecule has 3 rings (SSSR count). The second kappa shape index (κ2) is 8.36. The second-order valence-electron chi connectivity index (χ2n) is 5.99. The van der Waals surface area contributed by atoms with E-state index in [9.17, 15) is 17.6 Å². The summed E-state index contributed by atoms with van der Waals surface area (Å²) in [4.78, 5) is 16.6. The number of sulfonamides is 1. The predicted octanol–water partition coefficient (Wildman–Crippen LogP) is 4.88. The lowest BCUT2D eigenvalue weighted by atomic mass is 10.2. The van der Waals surface area contributed by atoms with Crippen LogP contribution in [0.25, 0.3) is 0 Å². The highest BCUT2D eigenvalue weighted by molar-refractivity contribution is 7.92. The van der Waals surface area contributed by atoms with Gasteiger partial charge < -0.3 is 5.32 Å². The van der Waals surface area contributed by atoms with Crippen molar-refractivity contribution < 1.29 is 17.6 Å². The first kappa shape index (κ1) is 21.0. The minimum Gasteiger partial charge on any atom is -0.322 e. The lowest BCUT2D eigenvalue weighted by molar-refractivity contribution is 0.102. The first-order valence-corrected chi connectivity index (χ1v) is 10.7. The van der Waals surface area contributed by atoms with Crippen molar-refractivity contribution in [1.29, 1.82) is 0 Å². The Morgan fingerprint density at radius 1 is 1.07 bits per heavy atom. The Morgan fingerprint density at radius 3 is 2.38 bits per heavy atom. The number of rotatable bonds is 5. The van der Waals surface area contributed by atoms with Crippen LogP contribution in [-0.4, -0.2) is 25.6 Å². The van der Waals surface area contributed by atoms with Gasteiger partial charge in [0, 0.05) is 22.5 Å². The summed E-state index contributed by atoms with van der Waals surface area (Å²) in [6.07, 6.45) is 2.34. The first-order chi connectivity index (χ1) is 13.6. The summed E-state index contributed by atoms with van der Waals surface area (Å²) in [6.45, 7) is 0. The fourth-order valence-corrected chi connectivity index (χ4v) is 3.77. The van der Waals surface area contributed by atoms with E-state index in [4.69, 9.17) is 23.2 Å². The third-order valence-corrected chi connectivity index (χ3v) is 5.39. The van der Waals surface area contributed by atoms with Gasteiger partial charge in [-0.15, -0.1) is 0 Å². The molecule has 6 nitrogen and oxygen atoms in total. The maximum atomic E-state index is 13.3. The smallest absolute Gasteiger partial charge is 0.255 e. The molecule has 2 aromatic carbocycles. The van der Waals surface area contributed by atoms with Crippen LogP contribution in [0.2, 0.25) is 10.0 Å². The fourth-order valence-electron chi connectivity index (χ4n) is 2.52. The van der Waals surface area contributed by atoms with Crippen LogP contribution >= 0.6 is 23.2 Å². The van der Waals surface area contributed by atoms with Gasteiger partial charge in [0.1, 0.15) is 11.6 Å². The highest BCUT2D eigenvalue weighted by Crippen LogP contribution is 2.28. The number of hydrogen-bond donors (Lipinski definition) is 1. The Morgan fingerprint density at radius 2 is 1.76 bits per heavy atom. The van der Waals surface area contributed by atoms with Crippen molar-refractivity contribution in [1.82, 2.24) is 4.98 Å². The molecule has 150 valence electrons. The molecule has 1 heterocycles. The molecule has 0 spiro atoms. The Hall–Kier alpha value is -2.68. The summed E-state index contributed by atoms with van der Waals surface area (Å²) in [5.74, 6) is -1.12. The summed E-state index contributed by atoms with van der Waals surface area (Å²) in [5, 5.41) is 2.89. The van der Waals surface area contributed by atoms with Gasteiger partial charge in [0.15, 0.2) is 0 Å². The summed E-state index contributed by atoms with van der Waals surface area (Å²) < 4.78 is 39.0. The molecule has 0 unspecified atom stereocenters. The monoisotopic (exact) mass is 453 g/mol. The molecule has 1 aromatic heterocycles. The fraction of sp³-hybridized carbons (Fsp3) is 0.0526. The van der Waals surface area contributed by atoms with Gasteiger partial charge in [0.05, 0.1) is 17.0 Å². The molecule has 0 aliphatic rings. The average Bonchev–Trinajstić information content (AvgIpc) is 2.66. The van der Waals surface area contributed by atoms with E-state index in [-0.39, 0.29) is 22.1 Å². The molecule has 1 amide bonds. The number of carbonyl (C=O) groups is 1. The molecular formula is C19H14Cl2FN3O3S. The van der Waals surface area contributed by atoms with Crippen LogP contribution in [0.4, 0.5) is 21.6 Å². The molecule has 0 bridgehead atoms. The number of halogens is 3. The number of amides is 1. The van der Waals surface area contributed by atoms with Crippen LogP contribution < -0.4 is 9.62 Å². The molecule has 0 aliphatic heterocycles. The van der Waals surface area contributed by atoms with Crippen LogP contribution in [-0.2, 0) is 10.0 Å². The van der Waals surface area contributed by atoms with Crippen molar-refractivity contribution >= 4 is 56.3 Å². The largest absolute Gasteiger partial charge is 0.322 e. The maximum Gasteiger partial charge on any atom is 0.255 e. The van der Waals surface area contributed by atoms with Gasteiger partial charge in [-0.05, 0) is 54.6 Å². The molecule has 29 heavy (non-hydrogen) atoms. The first-order valence-electron chi connectivity index (χ1n) is 8.13. The summed E-state index contributed by atoms with van der Waals surface area (Å²) in [7, 11) is -3.76. The quantitative estimate of drug-likeness (QED) is 0.596. The number of nitrogens with one attached hydrogen (secondary N) is 1. The van der Waals surface area contributed by atoms with Crippen LogP contribution in [0.1, 0.15) is 10.4 Å². The van der Waals surface area contributed by atoms with Crippen LogP contribution in [0.5, 0.6) is 0 Å². The maximum absolute atomic E-state index is 13.3. The topological polar surface area (TPSA) is 79.4 Å². The zero-order chi connectivity index (χ0) is 21.2. The third kappa shape index (κ3) is 5.03. The lowest BCUT2D eigenvalue weighted by Gasteiger charge is -2.21. The Bertz CT molecular complexity index is 1170. The molecule has 0 aliphatic carbocycles. The Balaban J connectivity index is 1.94. The lowest BCUT2D eigenvalue weighted by Crippen LogP contribution is -2.26. The van der Waals surface area contributed by atoms with Crippen molar-refractivity contribution in [3.63, 3.8) is 0 Å². The van der Waals surface area contributed by atoms with E-state index < -0.39 is 21.7 Å². The van der Waals surface area contributed by atoms with E-state index in [2.05, 4.69) is 10.3 Å². The Labute approximate surface area is 176 Å². The number of carbonyl (C=O) groups excluding carboxylic acids is 1. The molecule has 0 fully saturated rings. The van der Waals surface area contributed by atoms with Crippen LogP contribution in [0.3, 0.4) is 0 Å². The molecule has 0 saturated heterocycles. The predicted molar refractivity (Wildman–Crippen MR) is 112 cm³/mol. The highest BCUT2D eigenvalue weighted by Gasteiger charge is 2.22. The molecule has 0 saturated carbocycles. The van der Waals surface area contributed by atoms with Crippen LogP contribution in [0.15, 0.2) is 60.8 Å². The highest BCUT2D eigenvalue weighted by atomic mass is 35.5. The summed E-state index contributed by atoms with van der Waals surface area (Å²) >= 11 is 11.6. The van der Waals surface area contributed by atoms with Crippen molar-refractivity contribution in [3.05, 3.63) is 82.2 Å². The second-order valence-corrected chi connectivity index (χ2v) is 8.66. The van der Waals surface area contributed by atoms with Gasteiger partial charge in [-0.3, -0.25) is 4.79 Å². The standard InChI is InChI=1S/C19H14Cl2FN3O3S/c1-29(27,28)25(15-5-2-13(20)3-6-15)18-10-12(8-9-23-18)19(26)24-14-4-7-17(22)16(21)11-14/h2-11H,1H3,(H,24,26). The van der Waals surface area contributed by atoms with Crippen molar-refractivity contribution in [2.45, 2.75) is 0 Å². The molecule has 0 radical (unpaired) electrons. The number of aromatic nitrogens is 1. The molecule has 10 heteroatoms. The molecule has 1 N–H and O–H groups in total. The summed E-state index contributed by atoms with van der Waals surface area (Å²) in [6, 6.07) is 12.7. The van der Waals surface area contributed by atoms with Gasteiger partial charge in [-0.2, -0.15) is 0 Å². The van der Waals surface area contributed by atoms with Gasteiger partial charge >= 0.3 is 0 Å². The van der Waals surface area contributed by atoms with E-state index >= 15 is 0 Å². The van der Waals surface area contributed by atoms with Gasteiger partial charge in [-0.25, -0.2) is 22.1 Å². The van der Waals surface area contributed by atoms with Crippen molar-refractivity contribution in [2.75, 3.05) is 15.9 Å². The van der Waals surface area contributed by atoms with Crippen molar-refractivity contribution in [3.8, 4) is 0 Å². The number of nitrogens with zero attached hydrogens (tertiary/aromatic N) is 2. The number of hydrogen-bond acceptors (Lipinski definition) is 4. The van der Waals surface area contributed by atoms with E-state index in [0.29, 0.717) is 10.7 Å². The summed E-state index contributed by atoms with van der Waals surface area (Å²) in [5.41, 5.74) is 0.753. The molecule has 0 atom stereocenters. The van der Waals surface area contributed by atoms with E-state index in [1.54, 1.807) is 12.1 Å². The van der Waals surface area contributed by atoms with E-state index in [0.717, 1.165) is 16.6 Å². The number of anilines is 3. The van der Waals surface area contributed by atoms with Crippen molar-refractivity contribution in [2.24, 2.45) is 0 Å². The van der Waals surface area contributed by atoms with E-state index in [1.165, 1.54) is 42.6 Å². The minimum absolute atomic E-state index is 0.0274.